The molecule has 0 saturated heterocycles. The van der Waals surface area contributed by atoms with E-state index in [1.165, 1.54) is 0 Å². The predicted molar refractivity (Wildman–Crippen MR) is 110 cm³/mol. The molecule has 1 unspecified atom stereocenters. The monoisotopic (exact) mass is 404 g/mol. The van der Waals surface area contributed by atoms with Crippen LogP contribution in [0.3, 0.4) is 0 Å². The summed E-state index contributed by atoms with van der Waals surface area (Å²) in [5.74, 6) is -0.588. The molecule has 0 aliphatic rings. The lowest BCUT2D eigenvalue weighted by molar-refractivity contribution is -0.154. The summed E-state index contributed by atoms with van der Waals surface area (Å²) in [6, 6.07) is 19.1. The van der Waals surface area contributed by atoms with E-state index in [1.54, 1.807) is 0 Å². The SMILES string of the molecule is CCCC[C@H](OP(=O)(O)CCCc1ccccc1)C(=O)OCc1ccccc1. The fourth-order valence-corrected chi connectivity index (χ4v) is 4.06. The van der Waals surface area contributed by atoms with Gasteiger partial charge < -0.3 is 9.63 Å². The molecule has 2 aromatic carbocycles. The van der Waals surface area contributed by atoms with E-state index >= 15 is 0 Å². The maximum Gasteiger partial charge on any atom is 0.336 e. The van der Waals surface area contributed by atoms with Gasteiger partial charge in [-0.1, -0.05) is 80.4 Å². The van der Waals surface area contributed by atoms with E-state index in [9.17, 15) is 14.3 Å². The second kappa shape index (κ2) is 11.8. The summed E-state index contributed by atoms with van der Waals surface area (Å²) >= 11 is 0. The summed E-state index contributed by atoms with van der Waals surface area (Å²) in [5, 5.41) is 0. The number of esters is 1. The van der Waals surface area contributed by atoms with E-state index in [0.717, 1.165) is 24.0 Å². The molecule has 2 aromatic rings. The Morgan fingerprint density at radius 3 is 2.21 bits per heavy atom. The highest BCUT2D eigenvalue weighted by Crippen LogP contribution is 2.45. The van der Waals surface area contributed by atoms with Crippen molar-refractivity contribution in [1.82, 2.24) is 0 Å². The second-order valence-corrected chi connectivity index (χ2v) is 8.71. The lowest BCUT2D eigenvalue weighted by Gasteiger charge is -2.20. The van der Waals surface area contributed by atoms with Gasteiger partial charge in [-0.25, -0.2) is 4.79 Å². The standard InChI is InChI=1S/C22H29O5P/c1-2-3-16-21(22(23)26-18-20-13-8-5-9-14-20)27-28(24,25)17-10-15-19-11-6-4-7-12-19/h4-9,11-14,21H,2-3,10,15-18H2,1H3,(H,24,25)/t21-/m0/s1. The smallest absolute Gasteiger partial charge is 0.336 e. The Hall–Kier alpha value is -1.94. The maximum atomic E-state index is 12.5. The summed E-state index contributed by atoms with van der Waals surface area (Å²) in [5.41, 5.74) is 1.97. The summed E-state index contributed by atoms with van der Waals surface area (Å²) in [6.45, 7) is 2.11. The number of rotatable bonds is 12. The van der Waals surface area contributed by atoms with Crippen molar-refractivity contribution in [3.05, 3.63) is 71.8 Å². The number of hydrogen-bond donors (Lipinski definition) is 1. The van der Waals surface area contributed by atoms with Gasteiger partial charge in [0.05, 0.1) is 6.16 Å². The van der Waals surface area contributed by atoms with Crippen molar-refractivity contribution in [1.29, 1.82) is 0 Å². The van der Waals surface area contributed by atoms with Gasteiger partial charge in [-0.2, -0.15) is 0 Å². The molecule has 152 valence electrons. The number of carbonyl (C=O) groups excluding carboxylic acids is 1. The van der Waals surface area contributed by atoms with Crippen molar-refractivity contribution >= 4 is 13.6 Å². The first-order valence-corrected chi connectivity index (χ1v) is 11.5. The Balaban J connectivity index is 1.87. The number of aryl methyl sites for hydroxylation is 1. The quantitative estimate of drug-likeness (QED) is 0.392. The topological polar surface area (TPSA) is 72.8 Å². The van der Waals surface area contributed by atoms with Gasteiger partial charge in [0.25, 0.3) is 0 Å². The Kier molecular flexibility index (Phi) is 9.42. The molecule has 0 fully saturated rings. The Labute approximate surface area is 167 Å². The van der Waals surface area contributed by atoms with Crippen LogP contribution in [0.2, 0.25) is 0 Å². The number of benzene rings is 2. The minimum Gasteiger partial charge on any atom is -0.459 e. The molecular weight excluding hydrogens is 375 g/mol. The first kappa shape index (κ1) is 22.4. The third kappa shape index (κ3) is 8.39. The van der Waals surface area contributed by atoms with E-state index in [1.807, 2.05) is 67.6 Å². The maximum absolute atomic E-state index is 12.5. The summed E-state index contributed by atoms with van der Waals surface area (Å²) in [7, 11) is -3.88. The number of ether oxygens (including phenoxy) is 1. The molecular formula is C22H29O5P. The van der Waals surface area contributed by atoms with E-state index in [0.29, 0.717) is 19.3 Å². The minimum absolute atomic E-state index is 0.0104. The molecule has 6 heteroatoms. The van der Waals surface area contributed by atoms with Crippen LogP contribution in [-0.4, -0.2) is 23.1 Å². The Bertz CT molecular complexity index is 748. The molecule has 0 aliphatic carbocycles. The summed E-state index contributed by atoms with van der Waals surface area (Å²) in [4.78, 5) is 22.6. The highest BCUT2D eigenvalue weighted by Gasteiger charge is 2.30. The third-order valence-electron chi connectivity index (χ3n) is 4.35. The van der Waals surface area contributed by atoms with Gasteiger partial charge in [-0.15, -0.1) is 0 Å². The van der Waals surface area contributed by atoms with Crippen LogP contribution in [0.1, 0.15) is 43.7 Å². The lowest BCUT2D eigenvalue weighted by Crippen LogP contribution is -2.26. The average Bonchev–Trinajstić information content (AvgIpc) is 2.70. The second-order valence-electron chi connectivity index (χ2n) is 6.78. The molecule has 2 atom stereocenters. The molecule has 1 N–H and O–H groups in total. The van der Waals surface area contributed by atoms with Gasteiger partial charge >= 0.3 is 13.6 Å². The molecule has 2 rings (SSSR count). The van der Waals surface area contributed by atoms with Crippen molar-refractivity contribution in [3.8, 4) is 0 Å². The minimum atomic E-state index is -3.88. The van der Waals surface area contributed by atoms with Gasteiger partial charge in [0, 0.05) is 0 Å². The Morgan fingerprint density at radius 1 is 1.00 bits per heavy atom. The van der Waals surface area contributed by atoms with E-state index < -0.39 is 19.7 Å². The van der Waals surface area contributed by atoms with Crippen LogP contribution in [-0.2, 0) is 31.6 Å². The van der Waals surface area contributed by atoms with Gasteiger partial charge in [-0.05, 0) is 30.4 Å². The first-order valence-electron chi connectivity index (χ1n) is 9.75. The zero-order valence-electron chi connectivity index (χ0n) is 16.3. The van der Waals surface area contributed by atoms with Crippen LogP contribution < -0.4 is 0 Å². The van der Waals surface area contributed by atoms with Crippen molar-refractivity contribution in [2.24, 2.45) is 0 Å². The zero-order chi connectivity index (χ0) is 20.2. The number of hydrogen-bond acceptors (Lipinski definition) is 4. The summed E-state index contributed by atoms with van der Waals surface area (Å²) < 4.78 is 23.2. The highest BCUT2D eigenvalue weighted by atomic mass is 31.2. The molecule has 0 saturated carbocycles. The molecule has 0 amide bonds. The number of unbranched alkanes of at least 4 members (excludes halogenated alkanes) is 1. The van der Waals surface area contributed by atoms with Gasteiger partial charge in [0.1, 0.15) is 6.61 Å². The first-order chi connectivity index (χ1) is 13.5. The Morgan fingerprint density at radius 2 is 1.61 bits per heavy atom. The van der Waals surface area contributed by atoms with Gasteiger partial charge in [0.15, 0.2) is 6.10 Å². The molecule has 0 aromatic heterocycles. The van der Waals surface area contributed by atoms with Gasteiger partial charge in [-0.3, -0.25) is 9.09 Å². The van der Waals surface area contributed by atoms with Crippen molar-refractivity contribution in [3.63, 3.8) is 0 Å². The third-order valence-corrected chi connectivity index (χ3v) is 5.81. The normalized spacial score (nSPS) is 14.2. The average molecular weight is 404 g/mol. The molecule has 0 heterocycles. The fourth-order valence-electron chi connectivity index (χ4n) is 2.80. The van der Waals surface area contributed by atoms with Crippen molar-refractivity contribution in [2.75, 3.05) is 6.16 Å². The van der Waals surface area contributed by atoms with Crippen LogP contribution in [0, 0.1) is 0 Å². The largest absolute Gasteiger partial charge is 0.459 e. The van der Waals surface area contributed by atoms with Crippen LogP contribution in [0.5, 0.6) is 0 Å². The molecule has 28 heavy (non-hydrogen) atoms. The molecule has 0 radical (unpaired) electrons. The van der Waals surface area contributed by atoms with E-state index in [4.69, 9.17) is 9.26 Å². The fraction of sp³-hybridized carbons (Fsp3) is 0.409. The highest BCUT2D eigenvalue weighted by molar-refractivity contribution is 7.52. The van der Waals surface area contributed by atoms with Crippen LogP contribution in [0.15, 0.2) is 60.7 Å². The van der Waals surface area contributed by atoms with Crippen molar-refractivity contribution < 1.29 is 23.5 Å². The van der Waals surface area contributed by atoms with Gasteiger partial charge in [0.2, 0.25) is 0 Å². The number of carbonyl (C=O) groups is 1. The predicted octanol–water partition coefficient (Wildman–Crippen LogP) is 5.12. The van der Waals surface area contributed by atoms with Crippen LogP contribution >= 0.6 is 7.60 Å². The molecule has 0 aliphatic heterocycles. The van der Waals surface area contributed by atoms with E-state index in [2.05, 4.69) is 0 Å². The zero-order valence-corrected chi connectivity index (χ0v) is 17.2. The van der Waals surface area contributed by atoms with Crippen LogP contribution in [0.4, 0.5) is 0 Å². The van der Waals surface area contributed by atoms with Crippen LogP contribution in [0.25, 0.3) is 0 Å². The van der Waals surface area contributed by atoms with E-state index in [-0.39, 0.29) is 12.8 Å². The molecule has 0 bridgehead atoms. The lowest BCUT2D eigenvalue weighted by atomic mass is 10.1. The summed E-state index contributed by atoms with van der Waals surface area (Å²) in [6.07, 6.45) is 2.13. The van der Waals surface area contributed by atoms with Crippen molar-refractivity contribution in [2.45, 2.75) is 51.7 Å². The molecule has 0 spiro atoms. The molecule has 5 nitrogen and oxygen atoms in total.